The highest BCUT2D eigenvalue weighted by molar-refractivity contribution is 5.94. The van der Waals surface area contributed by atoms with Gasteiger partial charge in [-0.3, -0.25) is 4.98 Å². The molecule has 0 aliphatic heterocycles. The Morgan fingerprint density at radius 3 is 2.37 bits per heavy atom. The first kappa shape index (κ1) is 12.5. The summed E-state index contributed by atoms with van der Waals surface area (Å²) in [6.07, 6.45) is 6.64. The number of hydrogen-bond donors (Lipinski definition) is 1. The van der Waals surface area contributed by atoms with Crippen molar-refractivity contribution in [2.45, 2.75) is 32.6 Å². The minimum absolute atomic E-state index is 0.340. The highest BCUT2D eigenvalue weighted by Gasteiger charge is 2.31. The number of aromatic nitrogens is 1. The van der Waals surface area contributed by atoms with Crippen LogP contribution in [0.25, 0.3) is 0 Å². The Hall–Kier alpha value is -1.58. The number of nitrogens with zero attached hydrogens (tertiary/aromatic N) is 2. The maximum Gasteiger partial charge on any atom is 0.339 e. The number of carboxylic acids is 1. The third kappa shape index (κ3) is 3.06. The summed E-state index contributed by atoms with van der Waals surface area (Å²) in [5.74, 6) is 0.641. The third-order valence-corrected chi connectivity index (χ3v) is 3.94. The summed E-state index contributed by atoms with van der Waals surface area (Å²) in [5, 5.41) is 9.34. The number of anilines is 1. The van der Waals surface area contributed by atoms with Gasteiger partial charge >= 0.3 is 5.97 Å². The molecule has 0 bridgehead atoms. The van der Waals surface area contributed by atoms with E-state index in [0.29, 0.717) is 5.56 Å². The molecular weight excluding hydrogens is 240 g/mol. The van der Waals surface area contributed by atoms with E-state index in [4.69, 9.17) is 0 Å². The maximum absolute atomic E-state index is 11.4. The molecule has 2 fully saturated rings. The zero-order valence-electron chi connectivity index (χ0n) is 11.3. The molecule has 0 unspecified atom stereocenters. The van der Waals surface area contributed by atoms with Gasteiger partial charge in [-0.15, -0.1) is 0 Å². The molecule has 0 saturated heterocycles. The predicted octanol–water partition coefficient (Wildman–Crippen LogP) is 2.71. The van der Waals surface area contributed by atoms with E-state index in [9.17, 15) is 9.90 Å². The Morgan fingerprint density at radius 2 is 1.89 bits per heavy atom. The molecule has 4 heteroatoms. The van der Waals surface area contributed by atoms with Crippen LogP contribution in [0.3, 0.4) is 0 Å². The lowest BCUT2D eigenvalue weighted by atomic mass is 10.1. The standard InChI is InChI=1S/C15H20N2O2/c1-10-6-14(13(7-16-10)15(18)19)17(8-11-2-3-11)9-12-4-5-12/h6-7,11-12H,2-5,8-9H2,1H3,(H,18,19). The van der Waals surface area contributed by atoms with Crippen LogP contribution in [0.1, 0.15) is 41.7 Å². The van der Waals surface area contributed by atoms with Crippen molar-refractivity contribution in [1.82, 2.24) is 4.98 Å². The number of rotatable bonds is 6. The monoisotopic (exact) mass is 260 g/mol. The fourth-order valence-corrected chi connectivity index (χ4v) is 2.47. The molecule has 2 aliphatic carbocycles. The lowest BCUT2D eigenvalue weighted by molar-refractivity contribution is 0.0697. The summed E-state index contributed by atoms with van der Waals surface area (Å²) < 4.78 is 0. The molecule has 0 spiro atoms. The molecule has 0 radical (unpaired) electrons. The molecule has 1 heterocycles. The van der Waals surface area contributed by atoms with E-state index < -0.39 is 5.97 Å². The zero-order chi connectivity index (χ0) is 13.4. The summed E-state index contributed by atoms with van der Waals surface area (Å²) in [5.41, 5.74) is 2.09. The Bertz CT molecular complexity index is 479. The van der Waals surface area contributed by atoms with Gasteiger partial charge in [0, 0.05) is 25.0 Å². The second-order valence-corrected chi connectivity index (χ2v) is 5.94. The van der Waals surface area contributed by atoms with E-state index in [0.717, 1.165) is 36.3 Å². The normalized spacial score (nSPS) is 18.4. The summed E-state index contributed by atoms with van der Waals surface area (Å²) >= 11 is 0. The lowest BCUT2D eigenvalue weighted by Crippen LogP contribution is -2.30. The van der Waals surface area contributed by atoms with Crippen LogP contribution in [0.2, 0.25) is 0 Å². The minimum Gasteiger partial charge on any atom is -0.478 e. The predicted molar refractivity (Wildman–Crippen MR) is 73.6 cm³/mol. The van der Waals surface area contributed by atoms with Gasteiger partial charge in [-0.2, -0.15) is 0 Å². The van der Waals surface area contributed by atoms with Crippen LogP contribution in [0.15, 0.2) is 12.3 Å². The van der Waals surface area contributed by atoms with Crippen LogP contribution in [0.5, 0.6) is 0 Å². The molecule has 102 valence electrons. The van der Waals surface area contributed by atoms with Gasteiger partial charge in [0.05, 0.1) is 5.69 Å². The number of hydrogen-bond acceptors (Lipinski definition) is 3. The molecule has 19 heavy (non-hydrogen) atoms. The van der Waals surface area contributed by atoms with Crippen molar-refractivity contribution in [2.24, 2.45) is 11.8 Å². The fourth-order valence-electron chi connectivity index (χ4n) is 2.47. The quantitative estimate of drug-likeness (QED) is 0.854. The van der Waals surface area contributed by atoms with Gasteiger partial charge in [-0.05, 0) is 50.5 Å². The number of aryl methyl sites for hydroxylation is 1. The number of carboxylic acid groups (broad SMARTS) is 1. The molecule has 4 nitrogen and oxygen atoms in total. The van der Waals surface area contributed by atoms with Crippen molar-refractivity contribution in [3.8, 4) is 0 Å². The molecule has 0 atom stereocenters. The lowest BCUT2D eigenvalue weighted by Gasteiger charge is -2.26. The van der Waals surface area contributed by atoms with Crippen LogP contribution in [0.4, 0.5) is 5.69 Å². The summed E-state index contributed by atoms with van der Waals surface area (Å²) in [4.78, 5) is 17.8. The third-order valence-electron chi connectivity index (χ3n) is 3.94. The molecule has 2 saturated carbocycles. The van der Waals surface area contributed by atoms with Crippen LogP contribution < -0.4 is 4.90 Å². The Morgan fingerprint density at radius 1 is 1.32 bits per heavy atom. The van der Waals surface area contributed by atoms with Gasteiger partial charge in [0.1, 0.15) is 5.56 Å². The van der Waals surface area contributed by atoms with Gasteiger partial charge < -0.3 is 10.0 Å². The van der Waals surface area contributed by atoms with Crippen molar-refractivity contribution in [2.75, 3.05) is 18.0 Å². The minimum atomic E-state index is -0.876. The Kier molecular flexibility index (Phi) is 3.17. The first-order valence-electron chi connectivity index (χ1n) is 7.08. The van der Waals surface area contributed by atoms with Gasteiger partial charge in [0.2, 0.25) is 0 Å². The largest absolute Gasteiger partial charge is 0.478 e. The molecule has 1 aromatic rings. The maximum atomic E-state index is 11.4. The van der Waals surface area contributed by atoms with E-state index in [1.165, 1.54) is 31.9 Å². The van der Waals surface area contributed by atoms with Crippen LogP contribution >= 0.6 is 0 Å². The summed E-state index contributed by atoms with van der Waals surface area (Å²) in [6.45, 7) is 3.92. The summed E-state index contributed by atoms with van der Waals surface area (Å²) in [6, 6.07) is 1.92. The average Bonchev–Trinajstić information content (AvgIpc) is 3.22. The molecule has 2 aliphatic rings. The average molecular weight is 260 g/mol. The molecule has 0 amide bonds. The number of aromatic carboxylic acids is 1. The van der Waals surface area contributed by atoms with Gasteiger partial charge in [-0.25, -0.2) is 4.79 Å². The second-order valence-electron chi connectivity index (χ2n) is 5.94. The Balaban J connectivity index is 1.89. The van der Waals surface area contributed by atoms with Crippen molar-refractivity contribution >= 4 is 11.7 Å². The molecule has 1 aromatic heterocycles. The van der Waals surface area contributed by atoms with Crippen molar-refractivity contribution < 1.29 is 9.90 Å². The molecule has 3 rings (SSSR count). The SMILES string of the molecule is Cc1cc(N(CC2CC2)CC2CC2)c(C(=O)O)cn1. The first-order valence-corrected chi connectivity index (χ1v) is 7.08. The van der Waals surface area contributed by atoms with Crippen molar-refractivity contribution in [3.05, 3.63) is 23.5 Å². The number of pyridine rings is 1. The van der Waals surface area contributed by atoms with Crippen molar-refractivity contribution in [1.29, 1.82) is 0 Å². The molecule has 0 aromatic carbocycles. The highest BCUT2D eigenvalue weighted by Crippen LogP contribution is 2.36. The van der Waals surface area contributed by atoms with Crippen molar-refractivity contribution in [3.63, 3.8) is 0 Å². The van der Waals surface area contributed by atoms with E-state index >= 15 is 0 Å². The van der Waals surface area contributed by atoms with E-state index in [1.54, 1.807) is 0 Å². The van der Waals surface area contributed by atoms with Gasteiger partial charge in [0.25, 0.3) is 0 Å². The van der Waals surface area contributed by atoms with E-state index in [1.807, 2.05) is 13.0 Å². The van der Waals surface area contributed by atoms with E-state index in [2.05, 4.69) is 9.88 Å². The van der Waals surface area contributed by atoms with Crippen LogP contribution in [-0.4, -0.2) is 29.1 Å². The molecular formula is C15H20N2O2. The van der Waals surface area contributed by atoms with Gasteiger partial charge in [0.15, 0.2) is 0 Å². The Labute approximate surface area is 113 Å². The van der Waals surface area contributed by atoms with E-state index in [-0.39, 0.29) is 0 Å². The summed E-state index contributed by atoms with van der Waals surface area (Å²) in [7, 11) is 0. The molecule has 1 N–H and O–H groups in total. The second kappa shape index (κ2) is 4.83. The smallest absolute Gasteiger partial charge is 0.339 e. The van der Waals surface area contributed by atoms with Crippen LogP contribution in [-0.2, 0) is 0 Å². The fraction of sp³-hybridized carbons (Fsp3) is 0.600. The zero-order valence-corrected chi connectivity index (χ0v) is 11.3. The van der Waals surface area contributed by atoms with Crippen LogP contribution in [0, 0.1) is 18.8 Å². The number of carbonyl (C=O) groups is 1. The first-order chi connectivity index (χ1) is 9.13. The topological polar surface area (TPSA) is 53.4 Å². The highest BCUT2D eigenvalue weighted by atomic mass is 16.4. The van der Waals surface area contributed by atoms with Gasteiger partial charge in [-0.1, -0.05) is 0 Å².